The van der Waals surface area contributed by atoms with Crippen molar-refractivity contribution in [3.8, 4) is 5.75 Å². The first kappa shape index (κ1) is 16.3. The first-order valence-corrected chi connectivity index (χ1v) is 8.42. The van der Waals surface area contributed by atoms with E-state index < -0.39 is 6.10 Å². The van der Waals surface area contributed by atoms with Crippen LogP contribution in [0.3, 0.4) is 0 Å². The molecule has 0 bridgehead atoms. The van der Waals surface area contributed by atoms with Crippen molar-refractivity contribution in [2.75, 3.05) is 18.5 Å². The van der Waals surface area contributed by atoms with Gasteiger partial charge < -0.3 is 15.2 Å². The van der Waals surface area contributed by atoms with Gasteiger partial charge in [0, 0.05) is 11.9 Å². The summed E-state index contributed by atoms with van der Waals surface area (Å²) in [7, 11) is 0. The standard InChI is InChI=1S/C19H19N5O2/c1-13-21-18-16-9-5-6-10-17(16)22-19(24(18)23-13)20-11-14(25)12-26-15-7-3-2-4-8-15/h2-10,14,25H,11-12H2,1H3,(H,20,22). The lowest BCUT2D eigenvalue weighted by Crippen LogP contribution is -2.27. The normalized spacial score (nSPS) is 12.4. The third kappa shape index (κ3) is 3.29. The number of anilines is 1. The number of nitrogens with zero attached hydrogens (tertiary/aromatic N) is 4. The third-order valence-corrected chi connectivity index (χ3v) is 3.97. The number of hydrogen-bond acceptors (Lipinski definition) is 6. The zero-order valence-corrected chi connectivity index (χ0v) is 14.3. The Morgan fingerprint density at radius 2 is 1.85 bits per heavy atom. The number of aromatic nitrogens is 4. The molecule has 1 atom stereocenters. The van der Waals surface area contributed by atoms with E-state index in [0.29, 0.717) is 11.8 Å². The number of ether oxygens (including phenoxy) is 1. The van der Waals surface area contributed by atoms with Crippen LogP contribution in [0.5, 0.6) is 5.75 Å². The van der Waals surface area contributed by atoms with Gasteiger partial charge in [-0.3, -0.25) is 0 Å². The maximum Gasteiger partial charge on any atom is 0.226 e. The minimum atomic E-state index is -0.692. The van der Waals surface area contributed by atoms with Crippen LogP contribution in [0.4, 0.5) is 5.95 Å². The average Bonchev–Trinajstić information content (AvgIpc) is 3.07. The molecule has 0 spiro atoms. The zero-order valence-electron chi connectivity index (χ0n) is 14.3. The molecule has 2 aromatic carbocycles. The van der Waals surface area contributed by atoms with Gasteiger partial charge in [0.05, 0.1) is 5.52 Å². The molecule has 26 heavy (non-hydrogen) atoms. The van der Waals surface area contributed by atoms with E-state index in [9.17, 15) is 5.11 Å². The highest BCUT2D eigenvalue weighted by molar-refractivity contribution is 5.92. The molecule has 1 unspecified atom stereocenters. The molecule has 0 amide bonds. The van der Waals surface area contributed by atoms with E-state index in [1.807, 2.05) is 61.5 Å². The first-order valence-electron chi connectivity index (χ1n) is 8.42. The van der Waals surface area contributed by atoms with Gasteiger partial charge >= 0.3 is 0 Å². The Kier molecular flexibility index (Phi) is 4.37. The van der Waals surface area contributed by atoms with Crippen LogP contribution in [0.1, 0.15) is 5.82 Å². The van der Waals surface area contributed by atoms with E-state index in [1.165, 1.54) is 0 Å². The highest BCUT2D eigenvalue weighted by Gasteiger charge is 2.13. The van der Waals surface area contributed by atoms with E-state index in [1.54, 1.807) is 4.52 Å². The molecular formula is C19H19N5O2. The summed E-state index contributed by atoms with van der Waals surface area (Å²) in [6.45, 7) is 2.31. The lowest BCUT2D eigenvalue weighted by Gasteiger charge is -2.14. The van der Waals surface area contributed by atoms with Gasteiger partial charge in [0.25, 0.3) is 0 Å². The molecule has 0 saturated carbocycles. The number of aryl methyl sites for hydroxylation is 1. The number of benzene rings is 2. The van der Waals surface area contributed by atoms with Crippen LogP contribution in [0.25, 0.3) is 16.6 Å². The molecule has 2 heterocycles. The second-order valence-electron chi connectivity index (χ2n) is 6.01. The van der Waals surface area contributed by atoms with Crippen molar-refractivity contribution in [2.24, 2.45) is 0 Å². The topological polar surface area (TPSA) is 84.6 Å². The lowest BCUT2D eigenvalue weighted by atomic mass is 10.2. The van der Waals surface area contributed by atoms with Crippen LogP contribution < -0.4 is 10.1 Å². The lowest BCUT2D eigenvalue weighted by molar-refractivity contribution is 0.117. The molecule has 2 N–H and O–H groups in total. The van der Waals surface area contributed by atoms with Crippen LogP contribution in [-0.4, -0.2) is 43.9 Å². The molecule has 0 aliphatic rings. The van der Waals surface area contributed by atoms with Gasteiger partial charge in [-0.2, -0.15) is 4.52 Å². The molecule has 7 heteroatoms. The minimum Gasteiger partial charge on any atom is -0.491 e. The monoisotopic (exact) mass is 349 g/mol. The SMILES string of the molecule is Cc1nc2c3ccccc3nc(NCC(O)COc3ccccc3)n2n1. The van der Waals surface area contributed by atoms with E-state index in [4.69, 9.17) is 4.74 Å². The largest absolute Gasteiger partial charge is 0.491 e. The molecule has 0 radical (unpaired) electrons. The van der Waals surface area contributed by atoms with Gasteiger partial charge in [-0.15, -0.1) is 5.10 Å². The maximum atomic E-state index is 10.2. The number of aliphatic hydroxyl groups excluding tert-OH is 1. The van der Waals surface area contributed by atoms with Gasteiger partial charge in [-0.1, -0.05) is 30.3 Å². The molecule has 0 saturated heterocycles. The quantitative estimate of drug-likeness (QED) is 0.556. The van der Waals surface area contributed by atoms with Crippen molar-refractivity contribution in [2.45, 2.75) is 13.0 Å². The molecule has 0 aliphatic heterocycles. The first-order chi connectivity index (χ1) is 12.7. The number of aliphatic hydroxyl groups is 1. The molecule has 132 valence electrons. The molecule has 7 nitrogen and oxygen atoms in total. The molecule has 0 fully saturated rings. The highest BCUT2D eigenvalue weighted by Crippen LogP contribution is 2.20. The van der Waals surface area contributed by atoms with Crippen molar-refractivity contribution in [1.82, 2.24) is 19.6 Å². The molecule has 4 aromatic rings. The van der Waals surface area contributed by atoms with Crippen molar-refractivity contribution < 1.29 is 9.84 Å². The van der Waals surface area contributed by atoms with Gasteiger partial charge in [0.1, 0.15) is 24.3 Å². The Balaban J connectivity index is 1.51. The smallest absolute Gasteiger partial charge is 0.226 e. The summed E-state index contributed by atoms with van der Waals surface area (Å²) in [5, 5.41) is 18.7. The van der Waals surface area contributed by atoms with E-state index in [-0.39, 0.29) is 13.2 Å². The Morgan fingerprint density at radius 1 is 1.08 bits per heavy atom. The van der Waals surface area contributed by atoms with E-state index >= 15 is 0 Å². The number of para-hydroxylation sites is 2. The van der Waals surface area contributed by atoms with Crippen molar-refractivity contribution in [3.63, 3.8) is 0 Å². The van der Waals surface area contributed by atoms with Crippen LogP contribution in [0.15, 0.2) is 54.6 Å². The van der Waals surface area contributed by atoms with Crippen molar-refractivity contribution in [3.05, 3.63) is 60.4 Å². The Labute approximate surface area is 150 Å². The summed E-state index contributed by atoms with van der Waals surface area (Å²) in [6, 6.07) is 17.2. The molecular weight excluding hydrogens is 330 g/mol. The maximum absolute atomic E-state index is 10.2. The van der Waals surface area contributed by atoms with Crippen molar-refractivity contribution in [1.29, 1.82) is 0 Å². The van der Waals surface area contributed by atoms with Crippen molar-refractivity contribution >= 4 is 22.5 Å². The predicted octanol–water partition coefficient (Wildman–Crippen LogP) is 2.44. The fraction of sp³-hybridized carbons (Fsp3) is 0.211. The van der Waals surface area contributed by atoms with Gasteiger partial charge in [-0.25, -0.2) is 9.97 Å². The summed E-state index contributed by atoms with van der Waals surface area (Å²) in [6.07, 6.45) is -0.692. The zero-order chi connectivity index (χ0) is 17.9. The summed E-state index contributed by atoms with van der Waals surface area (Å²) in [5.41, 5.74) is 1.57. The summed E-state index contributed by atoms with van der Waals surface area (Å²) < 4.78 is 7.24. The number of hydrogen-bond donors (Lipinski definition) is 2. The number of rotatable bonds is 6. The van der Waals surface area contributed by atoms with Gasteiger partial charge in [0.2, 0.25) is 5.95 Å². The number of nitrogens with one attached hydrogen (secondary N) is 1. The Morgan fingerprint density at radius 3 is 2.69 bits per heavy atom. The summed E-state index contributed by atoms with van der Waals surface area (Å²) >= 11 is 0. The fourth-order valence-electron chi connectivity index (χ4n) is 2.75. The molecule has 2 aromatic heterocycles. The van der Waals surface area contributed by atoms with E-state index in [2.05, 4.69) is 20.4 Å². The fourth-order valence-corrected chi connectivity index (χ4v) is 2.75. The highest BCUT2D eigenvalue weighted by atomic mass is 16.5. The summed E-state index contributed by atoms with van der Waals surface area (Å²) in [4.78, 5) is 9.09. The van der Waals surface area contributed by atoms with Crippen LogP contribution in [-0.2, 0) is 0 Å². The minimum absolute atomic E-state index is 0.185. The van der Waals surface area contributed by atoms with Gasteiger partial charge in [-0.05, 0) is 31.2 Å². The molecule has 4 rings (SSSR count). The second kappa shape index (κ2) is 6.97. The number of fused-ring (bicyclic) bond motifs is 3. The second-order valence-corrected chi connectivity index (χ2v) is 6.01. The summed E-state index contributed by atoms with van der Waals surface area (Å²) in [5.74, 6) is 1.93. The van der Waals surface area contributed by atoms with Crippen LogP contribution in [0.2, 0.25) is 0 Å². The Hall–Kier alpha value is -3.19. The van der Waals surface area contributed by atoms with Crippen LogP contribution >= 0.6 is 0 Å². The third-order valence-electron chi connectivity index (χ3n) is 3.97. The molecule has 0 aliphatic carbocycles. The Bertz CT molecular complexity index is 1030. The van der Waals surface area contributed by atoms with Gasteiger partial charge in [0.15, 0.2) is 5.65 Å². The van der Waals surface area contributed by atoms with Crippen LogP contribution in [0, 0.1) is 6.92 Å². The average molecular weight is 349 g/mol. The predicted molar refractivity (Wildman–Crippen MR) is 99.5 cm³/mol. The van der Waals surface area contributed by atoms with E-state index in [0.717, 1.165) is 22.3 Å².